The van der Waals surface area contributed by atoms with Crippen LogP contribution in [0.2, 0.25) is 0 Å². The van der Waals surface area contributed by atoms with Gasteiger partial charge in [-0.2, -0.15) is 0 Å². The molecule has 1 N–H and O–H groups in total. The lowest BCUT2D eigenvalue weighted by molar-refractivity contribution is -0.125. The van der Waals surface area contributed by atoms with Gasteiger partial charge < -0.3 is 14.9 Å². The van der Waals surface area contributed by atoms with E-state index >= 15 is 0 Å². The number of hydrogen-bond acceptors (Lipinski definition) is 4. The minimum absolute atomic E-state index is 0.115. The molecule has 0 unspecified atom stereocenters. The zero-order chi connectivity index (χ0) is 20.1. The van der Waals surface area contributed by atoms with Crippen LogP contribution < -0.4 is 10.1 Å². The van der Waals surface area contributed by atoms with Gasteiger partial charge in [-0.25, -0.2) is 0 Å². The van der Waals surface area contributed by atoms with Crippen LogP contribution in [0.4, 0.5) is 0 Å². The fourth-order valence-corrected chi connectivity index (χ4v) is 3.44. The van der Waals surface area contributed by atoms with Crippen molar-refractivity contribution in [3.8, 4) is 16.9 Å². The first kappa shape index (κ1) is 18.7. The number of nitrogens with one attached hydrogen (secondary N) is 1. The Labute approximate surface area is 170 Å². The zero-order valence-corrected chi connectivity index (χ0v) is 16.2. The van der Waals surface area contributed by atoms with Crippen LogP contribution in [0, 0.1) is 0 Å². The van der Waals surface area contributed by atoms with E-state index in [2.05, 4.69) is 22.6 Å². The van der Waals surface area contributed by atoms with Gasteiger partial charge in [0.15, 0.2) is 6.61 Å². The highest BCUT2D eigenvalue weighted by Gasteiger charge is 2.24. The summed E-state index contributed by atoms with van der Waals surface area (Å²) in [6, 6.07) is 24.0. The molecule has 5 nitrogen and oxygen atoms in total. The van der Waals surface area contributed by atoms with Gasteiger partial charge in [-0.05, 0) is 35.2 Å². The molecule has 146 valence electrons. The van der Waals surface area contributed by atoms with Crippen molar-refractivity contribution in [2.75, 3.05) is 20.3 Å². The molecule has 0 atom stereocenters. The number of carbonyl (C=O) groups is 1. The summed E-state index contributed by atoms with van der Waals surface area (Å²) in [6.07, 6.45) is 0.741. The van der Waals surface area contributed by atoms with Crippen LogP contribution in [-0.2, 0) is 16.1 Å². The van der Waals surface area contributed by atoms with Crippen LogP contribution in [0.3, 0.4) is 0 Å². The third-order valence-electron chi connectivity index (χ3n) is 4.90. The number of nitrogens with zero attached hydrogens (tertiary/aromatic N) is 1. The molecule has 0 spiro atoms. The molecular weight excluding hydrogens is 364 g/mol. The lowest BCUT2D eigenvalue weighted by atomic mass is 10.1. The Balaban J connectivity index is 1.32. The molecule has 0 bridgehead atoms. The predicted octanol–water partition coefficient (Wildman–Crippen LogP) is 3.80. The molecule has 0 saturated heterocycles. The summed E-state index contributed by atoms with van der Waals surface area (Å²) < 4.78 is 5.14. The van der Waals surface area contributed by atoms with E-state index < -0.39 is 0 Å². The standard InChI is InChI=1S/C24H22N2O3/c1-28-18-12-10-17(11-13-18)14-15-25-23(27)16-29-26-24-21-8-4-2-6-19(21)20-7-3-5-9-22(20)24/h2-13H,14-16H2,1H3,(H,25,27). The molecule has 3 aromatic rings. The van der Waals surface area contributed by atoms with Crippen molar-refractivity contribution in [1.82, 2.24) is 5.32 Å². The molecule has 29 heavy (non-hydrogen) atoms. The maximum Gasteiger partial charge on any atom is 0.260 e. The van der Waals surface area contributed by atoms with E-state index in [4.69, 9.17) is 9.57 Å². The number of ether oxygens (including phenoxy) is 1. The number of amides is 1. The van der Waals surface area contributed by atoms with E-state index in [-0.39, 0.29) is 12.5 Å². The molecular formula is C24H22N2O3. The molecule has 0 radical (unpaired) electrons. The van der Waals surface area contributed by atoms with Crippen molar-refractivity contribution in [1.29, 1.82) is 0 Å². The Morgan fingerprint density at radius 2 is 1.45 bits per heavy atom. The molecule has 3 aromatic carbocycles. The molecule has 0 aromatic heterocycles. The second-order valence-electron chi connectivity index (χ2n) is 6.75. The van der Waals surface area contributed by atoms with Gasteiger partial charge in [-0.15, -0.1) is 0 Å². The van der Waals surface area contributed by atoms with Crippen molar-refractivity contribution < 1.29 is 14.4 Å². The summed E-state index contributed by atoms with van der Waals surface area (Å²) in [4.78, 5) is 17.5. The van der Waals surface area contributed by atoms with Crippen LogP contribution >= 0.6 is 0 Å². The maximum absolute atomic E-state index is 12.1. The quantitative estimate of drug-likeness (QED) is 0.492. The van der Waals surface area contributed by atoms with Crippen molar-refractivity contribution >= 4 is 11.6 Å². The fraction of sp³-hybridized carbons (Fsp3) is 0.167. The first-order chi connectivity index (χ1) is 14.3. The Hall–Kier alpha value is -3.60. The number of fused-ring (bicyclic) bond motifs is 3. The van der Waals surface area contributed by atoms with E-state index in [9.17, 15) is 4.79 Å². The third kappa shape index (κ3) is 4.14. The van der Waals surface area contributed by atoms with Gasteiger partial charge in [-0.1, -0.05) is 65.8 Å². The normalized spacial score (nSPS) is 11.4. The van der Waals surface area contributed by atoms with Crippen LogP contribution in [-0.4, -0.2) is 31.9 Å². The number of methoxy groups -OCH3 is 1. The monoisotopic (exact) mass is 386 g/mol. The molecule has 0 fully saturated rings. The van der Waals surface area contributed by atoms with Gasteiger partial charge in [0.2, 0.25) is 0 Å². The maximum atomic E-state index is 12.1. The van der Waals surface area contributed by atoms with Gasteiger partial charge in [0.05, 0.1) is 7.11 Å². The second-order valence-corrected chi connectivity index (χ2v) is 6.75. The molecule has 0 heterocycles. The van der Waals surface area contributed by atoms with E-state index in [1.807, 2.05) is 60.7 Å². The first-order valence-corrected chi connectivity index (χ1v) is 9.55. The SMILES string of the molecule is COc1ccc(CCNC(=O)CON=C2c3ccccc3-c3ccccc32)cc1. The molecule has 5 heteroatoms. The topological polar surface area (TPSA) is 59.9 Å². The number of carbonyl (C=O) groups excluding carboxylic acids is 1. The summed E-state index contributed by atoms with van der Waals surface area (Å²) in [5, 5.41) is 7.13. The van der Waals surface area contributed by atoms with E-state index in [1.165, 1.54) is 0 Å². The first-order valence-electron chi connectivity index (χ1n) is 9.55. The summed E-state index contributed by atoms with van der Waals surface area (Å²) in [7, 11) is 1.64. The molecule has 1 amide bonds. The number of oxime groups is 1. The van der Waals surface area contributed by atoms with Crippen LogP contribution in [0.5, 0.6) is 5.75 Å². The zero-order valence-electron chi connectivity index (χ0n) is 16.2. The van der Waals surface area contributed by atoms with Crippen molar-refractivity contribution in [2.24, 2.45) is 5.16 Å². The average molecular weight is 386 g/mol. The van der Waals surface area contributed by atoms with Crippen LogP contribution in [0.15, 0.2) is 78.0 Å². The van der Waals surface area contributed by atoms with Crippen molar-refractivity contribution in [3.05, 3.63) is 89.5 Å². The highest BCUT2D eigenvalue weighted by molar-refractivity contribution is 6.24. The summed E-state index contributed by atoms with van der Waals surface area (Å²) in [6.45, 7) is 0.424. The number of benzene rings is 3. The van der Waals surface area contributed by atoms with Gasteiger partial charge >= 0.3 is 0 Å². The largest absolute Gasteiger partial charge is 0.497 e. The Morgan fingerprint density at radius 3 is 2.03 bits per heavy atom. The minimum Gasteiger partial charge on any atom is -0.497 e. The molecule has 4 rings (SSSR count). The lowest BCUT2D eigenvalue weighted by Crippen LogP contribution is -2.29. The van der Waals surface area contributed by atoms with E-state index in [1.54, 1.807) is 7.11 Å². The third-order valence-corrected chi connectivity index (χ3v) is 4.90. The highest BCUT2D eigenvalue weighted by atomic mass is 16.6. The molecule has 1 aliphatic carbocycles. The van der Waals surface area contributed by atoms with Crippen LogP contribution in [0.1, 0.15) is 16.7 Å². The van der Waals surface area contributed by atoms with Gasteiger partial charge in [-0.3, -0.25) is 4.79 Å². The minimum atomic E-state index is -0.192. The van der Waals surface area contributed by atoms with Crippen LogP contribution in [0.25, 0.3) is 11.1 Å². The molecule has 0 aliphatic heterocycles. The summed E-state index contributed by atoms with van der Waals surface area (Å²) >= 11 is 0. The summed E-state index contributed by atoms with van der Waals surface area (Å²) in [5.41, 5.74) is 6.21. The average Bonchev–Trinajstić information content (AvgIpc) is 3.08. The van der Waals surface area contributed by atoms with Gasteiger partial charge in [0.25, 0.3) is 5.91 Å². The highest BCUT2D eigenvalue weighted by Crippen LogP contribution is 2.36. The van der Waals surface area contributed by atoms with Crippen molar-refractivity contribution in [3.63, 3.8) is 0 Å². The summed E-state index contributed by atoms with van der Waals surface area (Å²) in [5.74, 6) is 0.628. The second kappa shape index (κ2) is 8.61. The Morgan fingerprint density at radius 1 is 0.862 bits per heavy atom. The predicted molar refractivity (Wildman–Crippen MR) is 113 cm³/mol. The number of rotatable bonds is 7. The Kier molecular flexibility index (Phi) is 5.56. The van der Waals surface area contributed by atoms with Gasteiger partial charge in [0.1, 0.15) is 11.5 Å². The molecule has 1 aliphatic rings. The van der Waals surface area contributed by atoms with Crippen molar-refractivity contribution in [2.45, 2.75) is 6.42 Å². The smallest absolute Gasteiger partial charge is 0.260 e. The van der Waals surface area contributed by atoms with Gasteiger partial charge in [0, 0.05) is 17.7 Å². The van der Waals surface area contributed by atoms with E-state index in [0.717, 1.165) is 45.7 Å². The fourth-order valence-electron chi connectivity index (χ4n) is 3.44. The molecule has 0 saturated carbocycles. The lowest BCUT2D eigenvalue weighted by Gasteiger charge is -2.06. The number of hydrogen-bond donors (Lipinski definition) is 1. The van der Waals surface area contributed by atoms with E-state index in [0.29, 0.717) is 6.54 Å². The Bertz CT molecular complexity index is 995.